The lowest BCUT2D eigenvalue weighted by Gasteiger charge is -2.04. The predicted octanol–water partition coefficient (Wildman–Crippen LogP) is 5.14. The van der Waals surface area contributed by atoms with Crippen molar-refractivity contribution in [1.29, 1.82) is 0 Å². The molecule has 1 aromatic heterocycles. The molecule has 3 rings (SSSR count). The molecule has 7 nitrogen and oxygen atoms in total. The Morgan fingerprint density at radius 1 is 1.31 bits per heavy atom. The predicted molar refractivity (Wildman–Crippen MR) is 111 cm³/mol. The smallest absolute Gasteiger partial charge is 0.331 e. The molecule has 0 fully saturated rings. The Labute approximate surface area is 175 Å². The molecule has 0 atom stereocenters. The summed E-state index contributed by atoms with van der Waals surface area (Å²) in [6.45, 7) is 0.00951. The summed E-state index contributed by atoms with van der Waals surface area (Å²) in [5, 5.41) is 13.5. The second-order valence-corrected chi connectivity index (χ2v) is 7.02. The van der Waals surface area contributed by atoms with E-state index in [9.17, 15) is 14.9 Å². The third-order valence-electron chi connectivity index (χ3n) is 3.83. The second kappa shape index (κ2) is 9.31. The van der Waals surface area contributed by atoms with Crippen LogP contribution in [0.2, 0.25) is 5.02 Å². The van der Waals surface area contributed by atoms with Gasteiger partial charge in [0.05, 0.1) is 23.3 Å². The van der Waals surface area contributed by atoms with Crippen molar-refractivity contribution in [2.75, 3.05) is 7.11 Å². The largest absolute Gasteiger partial charge is 0.496 e. The summed E-state index contributed by atoms with van der Waals surface area (Å²) in [4.78, 5) is 26.7. The van der Waals surface area contributed by atoms with Crippen LogP contribution >= 0.6 is 22.9 Å². The van der Waals surface area contributed by atoms with Crippen LogP contribution in [0.3, 0.4) is 0 Å². The zero-order valence-electron chi connectivity index (χ0n) is 15.2. The van der Waals surface area contributed by atoms with E-state index in [1.54, 1.807) is 18.6 Å². The first kappa shape index (κ1) is 20.5. The summed E-state index contributed by atoms with van der Waals surface area (Å²) < 4.78 is 10.5. The first-order valence-electron chi connectivity index (χ1n) is 8.34. The van der Waals surface area contributed by atoms with Gasteiger partial charge in [-0.25, -0.2) is 9.78 Å². The third-order valence-corrected chi connectivity index (χ3v) is 5.07. The van der Waals surface area contributed by atoms with Crippen LogP contribution in [0.1, 0.15) is 11.3 Å². The highest BCUT2D eigenvalue weighted by Gasteiger charge is 2.12. The van der Waals surface area contributed by atoms with Crippen molar-refractivity contribution in [2.24, 2.45) is 0 Å². The Morgan fingerprint density at radius 3 is 2.86 bits per heavy atom. The number of nitro groups is 1. The number of para-hydroxylation sites is 1. The van der Waals surface area contributed by atoms with Gasteiger partial charge in [0.1, 0.15) is 22.4 Å². The first-order valence-corrected chi connectivity index (χ1v) is 9.60. The molecular formula is C20H15ClN2O5S. The van der Waals surface area contributed by atoms with Crippen LogP contribution in [0.4, 0.5) is 5.69 Å². The van der Waals surface area contributed by atoms with Crippen molar-refractivity contribution in [3.8, 4) is 16.3 Å². The van der Waals surface area contributed by atoms with Crippen molar-refractivity contribution >= 4 is 40.7 Å². The average Bonchev–Trinajstić information content (AvgIpc) is 3.20. The number of rotatable bonds is 7. The van der Waals surface area contributed by atoms with Gasteiger partial charge in [-0.15, -0.1) is 11.3 Å². The van der Waals surface area contributed by atoms with Gasteiger partial charge < -0.3 is 9.47 Å². The molecule has 0 bridgehead atoms. The molecule has 2 aromatic carbocycles. The number of nitrogens with zero attached hydrogens (tertiary/aromatic N) is 2. The number of carbonyl (C=O) groups excluding carboxylic acids is 1. The minimum atomic E-state index is -0.588. The number of hydrogen-bond acceptors (Lipinski definition) is 7. The first-order chi connectivity index (χ1) is 14.0. The Balaban J connectivity index is 1.62. The van der Waals surface area contributed by atoms with Gasteiger partial charge in [0.25, 0.3) is 5.69 Å². The van der Waals surface area contributed by atoms with E-state index in [1.807, 2.05) is 24.3 Å². The van der Waals surface area contributed by atoms with E-state index >= 15 is 0 Å². The highest BCUT2D eigenvalue weighted by Crippen LogP contribution is 2.32. The monoisotopic (exact) mass is 430 g/mol. The topological polar surface area (TPSA) is 91.6 Å². The number of nitro benzene ring substituents is 1. The molecule has 0 spiro atoms. The maximum absolute atomic E-state index is 11.9. The second-order valence-electron chi connectivity index (χ2n) is 5.75. The summed E-state index contributed by atoms with van der Waals surface area (Å²) in [6.07, 6.45) is 2.62. The SMILES string of the molecule is COc1ccccc1-c1nc(COC(=O)/C=C/c2ccc(Cl)c([N+](=O)[O-])c2)cs1. The lowest BCUT2D eigenvalue weighted by Crippen LogP contribution is -2.01. The van der Waals surface area contributed by atoms with Gasteiger partial charge in [0.15, 0.2) is 0 Å². The Bertz CT molecular complexity index is 1080. The number of halogens is 1. The van der Waals surface area contributed by atoms with Crippen molar-refractivity contribution in [2.45, 2.75) is 6.61 Å². The van der Waals surface area contributed by atoms with E-state index in [1.165, 1.54) is 35.6 Å². The number of esters is 1. The fourth-order valence-corrected chi connectivity index (χ4v) is 3.47. The van der Waals surface area contributed by atoms with Crippen LogP contribution in [-0.2, 0) is 16.1 Å². The van der Waals surface area contributed by atoms with Crippen LogP contribution in [0.25, 0.3) is 16.6 Å². The molecule has 29 heavy (non-hydrogen) atoms. The highest BCUT2D eigenvalue weighted by atomic mass is 35.5. The normalized spacial score (nSPS) is 10.8. The van der Waals surface area contributed by atoms with Crippen molar-refractivity contribution < 1.29 is 19.2 Å². The number of hydrogen-bond donors (Lipinski definition) is 0. The quantitative estimate of drug-likeness (QED) is 0.223. The van der Waals surface area contributed by atoms with E-state index in [-0.39, 0.29) is 17.3 Å². The zero-order valence-corrected chi connectivity index (χ0v) is 16.8. The minimum Gasteiger partial charge on any atom is -0.496 e. The van der Waals surface area contributed by atoms with Crippen LogP contribution in [0, 0.1) is 10.1 Å². The Morgan fingerprint density at radius 2 is 2.10 bits per heavy atom. The number of ether oxygens (including phenoxy) is 2. The van der Waals surface area contributed by atoms with Crippen molar-refractivity contribution in [3.63, 3.8) is 0 Å². The van der Waals surface area contributed by atoms with Crippen molar-refractivity contribution in [3.05, 3.63) is 80.3 Å². The number of benzene rings is 2. The van der Waals surface area contributed by atoms with E-state index in [2.05, 4.69) is 4.98 Å². The number of methoxy groups -OCH3 is 1. The molecule has 0 radical (unpaired) electrons. The maximum Gasteiger partial charge on any atom is 0.331 e. The fourth-order valence-electron chi connectivity index (χ4n) is 2.45. The van der Waals surface area contributed by atoms with Crippen LogP contribution < -0.4 is 4.74 Å². The number of thiazole rings is 1. The summed E-state index contributed by atoms with van der Waals surface area (Å²) in [6, 6.07) is 11.8. The van der Waals surface area contributed by atoms with E-state index in [4.69, 9.17) is 21.1 Å². The standard InChI is InChI=1S/C20H15ClN2O5S/c1-27-18-5-3-2-4-15(18)20-22-14(12-29-20)11-28-19(24)9-7-13-6-8-16(21)17(10-13)23(25)26/h2-10,12H,11H2,1H3/b9-7+. The lowest BCUT2D eigenvalue weighted by atomic mass is 10.2. The minimum absolute atomic E-state index is 0.00951. The van der Waals surface area contributed by atoms with Crippen LogP contribution in [-0.4, -0.2) is 23.0 Å². The molecule has 0 saturated heterocycles. The third kappa shape index (κ3) is 5.18. The molecule has 0 aliphatic heterocycles. The molecule has 0 N–H and O–H groups in total. The molecule has 1 heterocycles. The maximum atomic E-state index is 11.9. The number of carbonyl (C=O) groups is 1. The lowest BCUT2D eigenvalue weighted by molar-refractivity contribution is -0.384. The molecule has 0 saturated carbocycles. The van der Waals surface area contributed by atoms with Gasteiger partial charge in [0, 0.05) is 17.5 Å². The fraction of sp³-hybridized carbons (Fsp3) is 0.100. The van der Waals surface area contributed by atoms with Crippen LogP contribution in [0.15, 0.2) is 53.9 Å². The molecule has 0 aliphatic rings. The summed E-state index contributed by atoms with van der Waals surface area (Å²) in [5.41, 5.74) is 1.71. The zero-order chi connectivity index (χ0) is 20.8. The molecule has 0 unspecified atom stereocenters. The molecule has 148 valence electrons. The molecule has 0 aliphatic carbocycles. The van der Waals surface area contributed by atoms with E-state index in [0.29, 0.717) is 17.0 Å². The highest BCUT2D eigenvalue weighted by molar-refractivity contribution is 7.13. The number of aromatic nitrogens is 1. The van der Waals surface area contributed by atoms with Gasteiger partial charge in [-0.05, 0) is 29.8 Å². The summed E-state index contributed by atoms with van der Waals surface area (Å²) in [7, 11) is 1.59. The molecule has 9 heteroatoms. The van der Waals surface area contributed by atoms with Gasteiger partial charge in [-0.1, -0.05) is 29.8 Å². The van der Waals surface area contributed by atoms with E-state index in [0.717, 1.165) is 10.6 Å². The summed E-state index contributed by atoms with van der Waals surface area (Å²) >= 11 is 7.19. The van der Waals surface area contributed by atoms with Gasteiger partial charge >= 0.3 is 5.97 Å². The average molecular weight is 431 g/mol. The summed E-state index contributed by atoms with van der Waals surface area (Å²) in [5.74, 6) is 0.125. The molecule has 0 amide bonds. The van der Waals surface area contributed by atoms with Crippen molar-refractivity contribution in [1.82, 2.24) is 4.98 Å². The van der Waals surface area contributed by atoms with Gasteiger partial charge in [-0.2, -0.15) is 0 Å². The molecule has 3 aromatic rings. The van der Waals surface area contributed by atoms with Gasteiger partial charge in [-0.3, -0.25) is 10.1 Å². The Hall–Kier alpha value is -3.23. The molecular weight excluding hydrogens is 416 g/mol. The van der Waals surface area contributed by atoms with Gasteiger partial charge in [0.2, 0.25) is 0 Å². The van der Waals surface area contributed by atoms with E-state index < -0.39 is 10.9 Å². The van der Waals surface area contributed by atoms with Crippen LogP contribution in [0.5, 0.6) is 5.75 Å². The Kier molecular flexibility index (Phi) is 6.58.